The molecule has 0 saturated carbocycles. The van der Waals surface area contributed by atoms with E-state index in [1.807, 2.05) is 6.07 Å². The molecule has 1 unspecified atom stereocenters. The second-order valence-electron chi connectivity index (χ2n) is 5.77. The lowest BCUT2D eigenvalue weighted by Gasteiger charge is -2.13. The van der Waals surface area contributed by atoms with Crippen LogP contribution in [0.5, 0.6) is 0 Å². The topological polar surface area (TPSA) is 68.5 Å². The quantitative estimate of drug-likeness (QED) is 0.868. The molecule has 0 aliphatic carbocycles. The fourth-order valence-corrected chi connectivity index (χ4v) is 1.84. The first-order valence-corrected chi connectivity index (χ1v) is 6.52. The minimum atomic E-state index is -0.466. The van der Waals surface area contributed by atoms with Crippen LogP contribution in [-0.4, -0.2) is 33.7 Å². The Balaban J connectivity index is 2.39. The third-order valence-electron chi connectivity index (χ3n) is 3.07. The number of hydrogen-bond acceptors (Lipinski definition) is 5. The number of ether oxygens (including phenoxy) is 1. The molecule has 0 amide bonds. The number of methoxy groups -OCH3 is 1. The number of carbonyl (C=O) groups excluding carboxylic acids is 1. The van der Waals surface area contributed by atoms with Gasteiger partial charge in [-0.2, -0.15) is 5.10 Å². The summed E-state index contributed by atoms with van der Waals surface area (Å²) in [5, 5.41) is 7.59. The van der Waals surface area contributed by atoms with E-state index in [1.54, 1.807) is 23.8 Å². The van der Waals surface area contributed by atoms with E-state index < -0.39 is 6.04 Å². The van der Waals surface area contributed by atoms with Crippen molar-refractivity contribution in [2.75, 3.05) is 12.4 Å². The van der Waals surface area contributed by atoms with Crippen LogP contribution < -0.4 is 5.32 Å². The Morgan fingerprint density at radius 3 is 2.75 bits per heavy atom. The van der Waals surface area contributed by atoms with Crippen LogP contribution in [0.4, 0.5) is 5.82 Å². The second-order valence-corrected chi connectivity index (χ2v) is 5.77. The van der Waals surface area contributed by atoms with Gasteiger partial charge in [0.1, 0.15) is 11.6 Å². The molecule has 6 nitrogen and oxygen atoms in total. The predicted molar refractivity (Wildman–Crippen MR) is 76.8 cm³/mol. The Bertz CT molecular complexity index is 628. The van der Waals surface area contributed by atoms with Gasteiger partial charge in [0.05, 0.1) is 12.8 Å². The SMILES string of the molecule is COC(=O)C(C)Nc1nccn2nc(C(C)(C)C)cc12. The van der Waals surface area contributed by atoms with Crippen LogP contribution in [-0.2, 0) is 14.9 Å². The van der Waals surface area contributed by atoms with Gasteiger partial charge in [-0.1, -0.05) is 20.8 Å². The van der Waals surface area contributed by atoms with Crippen molar-refractivity contribution < 1.29 is 9.53 Å². The number of carbonyl (C=O) groups is 1. The van der Waals surface area contributed by atoms with Gasteiger partial charge in [-0.3, -0.25) is 0 Å². The van der Waals surface area contributed by atoms with Crippen LogP contribution in [0.15, 0.2) is 18.5 Å². The molecule has 1 atom stereocenters. The summed E-state index contributed by atoms with van der Waals surface area (Å²) in [5.41, 5.74) is 1.77. The molecule has 2 aromatic rings. The van der Waals surface area contributed by atoms with Gasteiger partial charge >= 0.3 is 5.97 Å². The minimum absolute atomic E-state index is 0.0444. The van der Waals surface area contributed by atoms with Crippen LogP contribution in [0.1, 0.15) is 33.4 Å². The molecule has 0 aromatic carbocycles. The summed E-state index contributed by atoms with van der Waals surface area (Å²) in [7, 11) is 1.37. The van der Waals surface area contributed by atoms with Gasteiger partial charge in [0.15, 0.2) is 5.82 Å². The molecule has 1 N–H and O–H groups in total. The highest BCUT2D eigenvalue weighted by Gasteiger charge is 2.20. The lowest BCUT2D eigenvalue weighted by molar-refractivity contribution is -0.141. The number of hydrogen-bond donors (Lipinski definition) is 1. The van der Waals surface area contributed by atoms with E-state index in [-0.39, 0.29) is 11.4 Å². The number of nitrogens with one attached hydrogen (secondary N) is 1. The third-order valence-corrected chi connectivity index (χ3v) is 3.07. The van der Waals surface area contributed by atoms with Crippen LogP contribution in [0, 0.1) is 0 Å². The molecular weight excluding hydrogens is 256 g/mol. The molecule has 108 valence electrons. The molecule has 0 radical (unpaired) electrons. The Hall–Kier alpha value is -2.11. The average molecular weight is 276 g/mol. The molecule has 6 heteroatoms. The normalized spacial score (nSPS) is 13.2. The van der Waals surface area contributed by atoms with Crippen molar-refractivity contribution in [3.63, 3.8) is 0 Å². The smallest absolute Gasteiger partial charge is 0.328 e. The number of rotatable bonds is 3. The number of anilines is 1. The summed E-state index contributed by atoms with van der Waals surface area (Å²) in [6.07, 6.45) is 3.44. The maximum Gasteiger partial charge on any atom is 0.328 e. The first kappa shape index (κ1) is 14.3. The van der Waals surface area contributed by atoms with Crippen molar-refractivity contribution >= 4 is 17.3 Å². The van der Waals surface area contributed by atoms with Gasteiger partial charge in [0.2, 0.25) is 0 Å². The molecule has 2 aromatic heterocycles. The molecule has 2 rings (SSSR count). The Kier molecular flexibility index (Phi) is 3.65. The standard InChI is InChI=1S/C14H20N4O2/c1-9(13(19)20-5)16-12-10-8-11(14(2,3)4)17-18(10)7-6-15-12/h6-9H,1-5H3,(H,15,16). The van der Waals surface area contributed by atoms with E-state index in [1.165, 1.54) is 7.11 Å². The zero-order chi connectivity index (χ0) is 14.9. The Morgan fingerprint density at radius 2 is 2.15 bits per heavy atom. The van der Waals surface area contributed by atoms with E-state index in [2.05, 4.69) is 36.2 Å². The summed E-state index contributed by atoms with van der Waals surface area (Å²) in [5.74, 6) is 0.290. The number of esters is 1. The highest BCUT2D eigenvalue weighted by molar-refractivity contribution is 5.80. The highest BCUT2D eigenvalue weighted by atomic mass is 16.5. The van der Waals surface area contributed by atoms with E-state index in [9.17, 15) is 4.79 Å². The van der Waals surface area contributed by atoms with Crippen molar-refractivity contribution in [1.29, 1.82) is 0 Å². The van der Waals surface area contributed by atoms with E-state index in [0.717, 1.165) is 11.2 Å². The zero-order valence-electron chi connectivity index (χ0n) is 12.5. The van der Waals surface area contributed by atoms with Crippen molar-refractivity contribution in [2.24, 2.45) is 0 Å². The Morgan fingerprint density at radius 1 is 1.45 bits per heavy atom. The van der Waals surface area contributed by atoms with Gasteiger partial charge in [-0.15, -0.1) is 0 Å². The van der Waals surface area contributed by atoms with Crippen LogP contribution in [0.25, 0.3) is 5.52 Å². The maximum absolute atomic E-state index is 11.5. The van der Waals surface area contributed by atoms with Crippen molar-refractivity contribution in [1.82, 2.24) is 14.6 Å². The predicted octanol–water partition coefficient (Wildman–Crippen LogP) is 2.00. The van der Waals surface area contributed by atoms with E-state index in [0.29, 0.717) is 5.82 Å². The summed E-state index contributed by atoms with van der Waals surface area (Å²) in [4.78, 5) is 15.8. The Labute approximate surface area is 118 Å². The largest absolute Gasteiger partial charge is 0.467 e. The minimum Gasteiger partial charge on any atom is -0.467 e. The van der Waals surface area contributed by atoms with Gasteiger partial charge < -0.3 is 10.1 Å². The van der Waals surface area contributed by atoms with Gasteiger partial charge in [-0.25, -0.2) is 14.3 Å². The van der Waals surface area contributed by atoms with Crippen LogP contribution in [0.2, 0.25) is 0 Å². The van der Waals surface area contributed by atoms with Gasteiger partial charge in [0.25, 0.3) is 0 Å². The molecule has 0 spiro atoms. The first-order chi connectivity index (χ1) is 9.32. The number of aromatic nitrogens is 3. The number of fused-ring (bicyclic) bond motifs is 1. The van der Waals surface area contributed by atoms with Crippen LogP contribution >= 0.6 is 0 Å². The fourth-order valence-electron chi connectivity index (χ4n) is 1.84. The lowest BCUT2D eigenvalue weighted by atomic mass is 9.92. The summed E-state index contributed by atoms with van der Waals surface area (Å²) < 4.78 is 6.47. The number of nitrogens with zero attached hydrogens (tertiary/aromatic N) is 3. The second kappa shape index (κ2) is 5.11. The molecule has 0 aliphatic rings. The summed E-state index contributed by atoms with van der Waals surface area (Å²) in [6.45, 7) is 8.04. The zero-order valence-corrected chi connectivity index (χ0v) is 12.5. The van der Waals surface area contributed by atoms with Crippen LogP contribution in [0.3, 0.4) is 0 Å². The molecule has 20 heavy (non-hydrogen) atoms. The van der Waals surface area contributed by atoms with E-state index in [4.69, 9.17) is 4.74 Å². The van der Waals surface area contributed by atoms with Gasteiger partial charge in [0, 0.05) is 17.8 Å². The molecule has 2 heterocycles. The maximum atomic E-state index is 11.5. The third kappa shape index (κ3) is 2.74. The average Bonchev–Trinajstić information content (AvgIpc) is 2.82. The fraction of sp³-hybridized carbons (Fsp3) is 0.500. The van der Waals surface area contributed by atoms with Crippen molar-refractivity contribution in [3.05, 3.63) is 24.2 Å². The highest BCUT2D eigenvalue weighted by Crippen LogP contribution is 2.24. The van der Waals surface area contributed by atoms with E-state index >= 15 is 0 Å². The van der Waals surface area contributed by atoms with Crippen molar-refractivity contribution in [2.45, 2.75) is 39.2 Å². The molecular formula is C14H20N4O2. The molecule has 0 fully saturated rings. The first-order valence-electron chi connectivity index (χ1n) is 6.52. The monoisotopic (exact) mass is 276 g/mol. The lowest BCUT2D eigenvalue weighted by Crippen LogP contribution is -2.27. The van der Waals surface area contributed by atoms with Gasteiger partial charge in [-0.05, 0) is 13.0 Å². The van der Waals surface area contributed by atoms with Crippen molar-refractivity contribution in [3.8, 4) is 0 Å². The summed E-state index contributed by atoms with van der Waals surface area (Å²) in [6, 6.07) is 1.52. The summed E-state index contributed by atoms with van der Waals surface area (Å²) >= 11 is 0. The molecule has 0 bridgehead atoms. The molecule has 0 aliphatic heterocycles. The molecule has 0 saturated heterocycles.